The Bertz CT molecular complexity index is 1970. The number of anilines is 3. The lowest BCUT2D eigenvalue weighted by atomic mass is 10.1. The first-order chi connectivity index (χ1) is 21.9. The van der Waals surface area contributed by atoms with Crippen LogP contribution < -0.4 is 15.1 Å². The summed E-state index contributed by atoms with van der Waals surface area (Å²) >= 11 is 1.34. The average molecular weight is 637 g/mol. The van der Waals surface area contributed by atoms with Crippen LogP contribution >= 0.6 is 11.3 Å². The number of hydrogen-bond acceptors (Lipinski definition) is 6. The molecule has 3 aromatic carbocycles. The molecule has 7 nitrogen and oxygen atoms in total. The monoisotopic (exact) mass is 636 g/mol. The highest BCUT2D eigenvalue weighted by Gasteiger charge is 2.29. The fraction of sp³-hybridized carbons (Fsp3) is 0.171. The standard InChI is InChI=1S/C35H29FN4O3S2/c1-22-8-6-11-26(36)32(22)38-34(41)29-20-23-16-17-40(28-13-4-3-10-25(28)33(23)44-29)35(42)27-12-7-15-31(37-27)39-18-19-45(43)30-14-5-2-9-24(30)21-39/h2-15,20H,16-19,21H2,1H3,(H,38,41). The van der Waals surface area contributed by atoms with Crippen molar-refractivity contribution < 1.29 is 18.2 Å². The van der Waals surface area contributed by atoms with Crippen molar-refractivity contribution in [1.82, 2.24) is 4.98 Å². The maximum absolute atomic E-state index is 14.4. The van der Waals surface area contributed by atoms with E-state index in [-0.39, 0.29) is 17.5 Å². The molecular formula is C35H29FN4O3S2. The van der Waals surface area contributed by atoms with Gasteiger partial charge in [0.1, 0.15) is 17.3 Å². The number of pyridine rings is 1. The lowest BCUT2D eigenvalue weighted by Gasteiger charge is -2.25. The zero-order chi connectivity index (χ0) is 31.1. The number of carbonyl (C=O) groups is 2. The predicted octanol–water partition coefficient (Wildman–Crippen LogP) is 6.84. The Hall–Kier alpha value is -4.67. The second-order valence-corrected chi connectivity index (χ2v) is 13.6. The molecule has 0 bridgehead atoms. The molecule has 2 amide bonds. The van der Waals surface area contributed by atoms with E-state index in [1.807, 2.05) is 66.7 Å². The molecule has 1 unspecified atom stereocenters. The number of aryl methyl sites for hydroxylation is 1. The van der Waals surface area contributed by atoms with Crippen molar-refractivity contribution in [2.45, 2.75) is 24.8 Å². The summed E-state index contributed by atoms with van der Waals surface area (Å²) in [5, 5.41) is 2.74. The second kappa shape index (κ2) is 12.0. The molecule has 4 heterocycles. The summed E-state index contributed by atoms with van der Waals surface area (Å²) in [6, 6.07) is 27.4. The highest BCUT2D eigenvalue weighted by Crippen LogP contribution is 2.42. The van der Waals surface area contributed by atoms with Crippen LogP contribution in [0.15, 0.2) is 95.9 Å². The molecule has 1 N–H and O–H groups in total. The number of hydrogen-bond donors (Lipinski definition) is 1. The van der Waals surface area contributed by atoms with E-state index < -0.39 is 16.6 Å². The molecule has 226 valence electrons. The Morgan fingerprint density at radius 1 is 0.933 bits per heavy atom. The molecule has 2 aliphatic rings. The van der Waals surface area contributed by atoms with E-state index in [1.165, 1.54) is 17.4 Å². The van der Waals surface area contributed by atoms with E-state index in [0.29, 0.717) is 53.8 Å². The lowest BCUT2D eigenvalue weighted by Crippen LogP contribution is -2.34. The smallest absolute Gasteiger partial charge is 0.276 e. The molecule has 7 rings (SSSR count). The molecule has 0 fully saturated rings. The molecule has 2 aliphatic heterocycles. The van der Waals surface area contributed by atoms with Gasteiger partial charge in [-0.3, -0.25) is 13.8 Å². The van der Waals surface area contributed by atoms with Crippen LogP contribution in [0.3, 0.4) is 0 Å². The van der Waals surface area contributed by atoms with Crippen molar-refractivity contribution >= 4 is 51.1 Å². The summed E-state index contributed by atoms with van der Waals surface area (Å²) in [5.74, 6) is 0.0873. The third-order valence-corrected chi connectivity index (χ3v) is 10.8. The Morgan fingerprint density at radius 2 is 1.73 bits per heavy atom. The van der Waals surface area contributed by atoms with Crippen LogP contribution in [0, 0.1) is 12.7 Å². The molecule has 10 heteroatoms. The summed E-state index contributed by atoms with van der Waals surface area (Å²) in [5.41, 5.74) is 4.70. The van der Waals surface area contributed by atoms with Crippen LogP contribution in [-0.4, -0.2) is 39.8 Å². The fourth-order valence-electron chi connectivity index (χ4n) is 5.88. The van der Waals surface area contributed by atoms with Gasteiger partial charge in [-0.05, 0) is 66.4 Å². The highest BCUT2D eigenvalue weighted by molar-refractivity contribution is 7.85. The van der Waals surface area contributed by atoms with Crippen molar-refractivity contribution in [3.63, 3.8) is 0 Å². The third-order valence-electron chi connectivity index (χ3n) is 8.19. The van der Waals surface area contributed by atoms with Gasteiger partial charge in [-0.2, -0.15) is 0 Å². The van der Waals surface area contributed by atoms with Gasteiger partial charge in [-0.15, -0.1) is 11.3 Å². The molecular weight excluding hydrogens is 608 g/mol. The van der Waals surface area contributed by atoms with Gasteiger partial charge in [-0.1, -0.05) is 54.6 Å². The van der Waals surface area contributed by atoms with Gasteiger partial charge in [0, 0.05) is 40.7 Å². The lowest BCUT2D eigenvalue weighted by molar-refractivity contribution is 0.0981. The van der Waals surface area contributed by atoms with Crippen LogP contribution in [0.25, 0.3) is 10.4 Å². The van der Waals surface area contributed by atoms with Crippen molar-refractivity contribution in [2.24, 2.45) is 0 Å². The Kier molecular flexibility index (Phi) is 7.76. The Morgan fingerprint density at radius 3 is 2.60 bits per heavy atom. The van der Waals surface area contributed by atoms with Gasteiger partial charge in [-0.25, -0.2) is 9.37 Å². The number of amides is 2. The van der Waals surface area contributed by atoms with Crippen LogP contribution in [0.2, 0.25) is 0 Å². The minimum Gasteiger partial charge on any atom is -0.351 e. The van der Waals surface area contributed by atoms with E-state index in [9.17, 15) is 18.2 Å². The highest BCUT2D eigenvalue weighted by atomic mass is 32.2. The third kappa shape index (κ3) is 5.55. The normalized spacial score (nSPS) is 15.7. The molecule has 0 aliphatic carbocycles. The van der Waals surface area contributed by atoms with Gasteiger partial charge in [0.05, 0.1) is 27.1 Å². The zero-order valence-corrected chi connectivity index (χ0v) is 26.1. The van der Waals surface area contributed by atoms with Crippen molar-refractivity contribution in [2.75, 3.05) is 34.0 Å². The fourth-order valence-corrected chi connectivity index (χ4v) is 8.28. The molecule has 0 radical (unpaired) electrons. The second-order valence-electron chi connectivity index (χ2n) is 11.0. The number of nitrogens with one attached hydrogen (secondary N) is 1. The largest absolute Gasteiger partial charge is 0.351 e. The maximum atomic E-state index is 14.4. The zero-order valence-electron chi connectivity index (χ0n) is 24.5. The summed E-state index contributed by atoms with van der Waals surface area (Å²) in [4.78, 5) is 38.1. The van der Waals surface area contributed by atoms with Crippen LogP contribution in [0.1, 0.15) is 36.9 Å². The molecule has 0 saturated carbocycles. The number of para-hydroxylation sites is 2. The van der Waals surface area contributed by atoms with E-state index in [2.05, 4.69) is 10.2 Å². The molecule has 0 spiro atoms. The quantitative estimate of drug-likeness (QED) is 0.234. The van der Waals surface area contributed by atoms with Crippen molar-refractivity contribution in [3.05, 3.63) is 124 Å². The van der Waals surface area contributed by atoms with Crippen LogP contribution in [-0.2, 0) is 23.8 Å². The number of nitrogens with zero attached hydrogens (tertiary/aromatic N) is 3. The number of thiophene rings is 1. The number of rotatable bonds is 4. The predicted molar refractivity (Wildman–Crippen MR) is 177 cm³/mol. The Labute approximate surface area is 266 Å². The number of benzene rings is 3. The summed E-state index contributed by atoms with van der Waals surface area (Å²) in [6.45, 7) is 3.27. The van der Waals surface area contributed by atoms with E-state index in [0.717, 1.165) is 32.2 Å². The summed E-state index contributed by atoms with van der Waals surface area (Å²) in [6.07, 6.45) is 0.534. The van der Waals surface area contributed by atoms with Crippen molar-refractivity contribution in [1.29, 1.82) is 0 Å². The molecule has 5 aromatic rings. The SMILES string of the molecule is Cc1cccc(F)c1NC(=O)c1cc2c(s1)-c1ccccc1N(C(=O)c1cccc(N3CCS(=O)c4ccccc4C3)n1)CC2. The van der Waals surface area contributed by atoms with E-state index in [4.69, 9.17) is 4.98 Å². The number of halogens is 1. The van der Waals surface area contributed by atoms with Crippen molar-refractivity contribution in [3.8, 4) is 10.4 Å². The molecule has 45 heavy (non-hydrogen) atoms. The van der Waals surface area contributed by atoms with Gasteiger partial charge >= 0.3 is 0 Å². The number of aromatic nitrogens is 1. The average Bonchev–Trinajstić information content (AvgIpc) is 3.33. The van der Waals surface area contributed by atoms with Crippen LogP contribution in [0.5, 0.6) is 0 Å². The first-order valence-electron chi connectivity index (χ1n) is 14.7. The molecule has 1 atom stereocenters. The van der Waals surface area contributed by atoms with E-state index >= 15 is 0 Å². The first kappa shape index (κ1) is 29.1. The topological polar surface area (TPSA) is 82.6 Å². The Balaban J connectivity index is 1.16. The summed E-state index contributed by atoms with van der Waals surface area (Å²) < 4.78 is 27.2. The first-order valence-corrected chi connectivity index (χ1v) is 16.8. The number of fused-ring (bicyclic) bond motifs is 4. The summed E-state index contributed by atoms with van der Waals surface area (Å²) in [7, 11) is -1.09. The van der Waals surface area contributed by atoms with E-state index in [1.54, 1.807) is 30.0 Å². The van der Waals surface area contributed by atoms with Gasteiger partial charge in [0.2, 0.25) is 0 Å². The molecule has 2 aromatic heterocycles. The minimum absolute atomic E-state index is 0.177. The number of carbonyl (C=O) groups excluding carboxylic acids is 2. The van der Waals surface area contributed by atoms with Gasteiger partial charge in [0.25, 0.3) is 11.8 Å². The van der Waals surface area contributed by atoms with Gasteiger partial charge in [0.15, 0.2) is 0 Å². The maximum Gasteiger partial charge on any atom is 0.276 e. The molecule has 0 saturated heterocycles. The van der Waals surface area contributed by atoms with Gasteiger partial charge < -0.3 is 15.1 Å². The van der Waals surface area contributed by atoms with Crippen LogP contribution in [0.4, 0.5) is 21.6 Å². The minimum atomic E-state index is -1.09.